The van der Waals surface area contributed by atoms with E-state index in [1.807, 2.05) is 6.92 Å². The van der Waals surface area contributed by atoms with Gasteiger partial charge in [0.05, 0.1) is 0 Å². The molecule has 1 aliphatic heterocycles. The van der Waals surface area contributed by atoms with Crippen LogP contribution in [-0.4, -0.2) is 31.4 Å². The number of hydrogen-bond donors (Lipinski definition) is 1. The lowest BCUT2D eigenvalue weighted by Crippen LogP contribution is -2.48. The van der Waals surface area contributed by atoms with Gasteiger partial charge in [-0.05, 0) is 47.1 Å². The van der Waals surface area contributed by atoms with Gasteiger partial charge in [0.1, 0.15) is 4.21 Å². The normalized spacial score (nSPS) is 27.2. The van der Waals surface area contributed by atoms with E-state index in [0.29, 0.717) is 15.2 Å². The van der Waals surface area contributed by atoms with Gasteiger partial charge < -0.3 is 5.73 Å². The van der Waals surface area contributed by atoms with Crippen molar-refractivity contribution in [2.24, 2.45) is 5.73 Å². The molecule has 1 aliphatic rings. The Hall–Kier alpha value is 0.0500. The van der Waals surface area contributed by atoms with Crippen LogP contribution in [0.15, 0.2) is 20.1 Å². The number of thiophene rings is 1. The summed E-state index contributed by atoms with van der Waals surface area (Å²) >= 11 is 4.53. The van der Waals surface area contributed by atoms with Gasteiger partial charge >= 0.3 is 0 Å². The van der Waals surface area contributed by atoms with E-state index in [1.165, 1.54) is 11.3 Å². The highest BCUT2D eigenvalue weighted by Gasteiger charge is 2.35. The standard InChI is InChI=1S/C10H15BrN2O2S2/c1-7-6-8(12)2-4-13(7)17(14,15)10-9(11)3-5-16-10/h3,5,7-8H,2,4,6,12H2,1H3/t7-,8-/m1/s1. The van der Waals surface area contributed by atoms with Crippen molar-refractivity contribution in [3.63, 3.8) is 0 Å². The van der Waals surface area contributed by atoms with Gasteiger partial charge in [-0.1, -0.05) is 0 Å². The molecule has 2 heterocycles. The lowest BCUT2D eigenvalue weighted by atomic mass is 10.0. The van der Waals surface area contributed by atoms with Crippen LogP contribution in [0.4, 0.5) is 0 Å². The van der Waals surface area contributed by atoms with Gasteiger partial charge in [-0.2, -0.15) is 4.31 Å². The lowest BCUT2D eigenvalue weighted by molar-refractivity contribution is 0.247. The van der Waals surface area contributed by atoms with E-state index in [1.54, 1.807) is 15.8 Å². The Morgan fingerprint density at radius 1 is 1.59 bits per heavy atom. The molecule has 7 heteroatoms. The average molecular weight is 339 g/mol. The zero-order valence-corrected chi connectivity index (χ0v) is 12.7. The second-order valence-corrected chi connectivity index (χ2v) is 8.16. The molecule has 0 saturated carbocycles. The number of sulfonamides is 1. The van der Waals surface area contributed by atoms with Gasteiger partial charge in [0.15, 0.2) is 0 Å². The fraction of sp³-hybridized carbons (Fsp3) is 0.600. The molecule has 1 saturated heterocycles. The molecule has 0 aliphatic carbocycles. The van der Waals surface area contributed by atoms with Gasteiger partial charge in [0.2, 0.25) is 0 Å². The maximum absolute atomic E-state index is 12.5. The molecule has 17 heavy (non-hydrogen) atoms. The Labute approximate surface area is 114 Å². The zero-order chi connectivity index (χ0) is 12.6. The van der Waals surface area contributed by atoms with Crippen LogP contribution in [0.1, 0.15) is 19.8 Å². The molecular weight excluding hydrogens is 324 g/mol. The Bertz CT molecular complexity index is 500. The first-order chi connectivity index (χ1) is 7.93. The van der Waals surface area contributed by atoms with Crippen LogP contribution < -0.4 is 5.73 Å². The van der Waals surface area contributed by atoms with E-state index in [2.05, 4.69) is 15.9 Å². The minimum absolute atomic E-state index is 0.0299. The lowest BCUT2D eigenvalue weighted by Gasteiger charge is -2.34. The van der Waals surface area contributed by atoms with E-state index in [-0.39, 0.29) is 12.1 Å². The first-order valence-electron chi connectivity index (χ1n) is 5.43. The molecule has 0 radical (unpaired) electrons. The molecule has 4 nitrogen and oxygen atoms in total. The molecule has 2 atom stereocenters. The highest BCUT2D eigenvalue weighted by molar-refractivity contribution is 9.10. The Kier molecular flexibility index (Phi) is 3.94. The molecule has 0 spiro atoms. The molecule has 1 aromatic heterocycles. The SMILES string of the molecule is C[C@@H]1C[C@H](N)CCN1S(=O)(=O)c1sccc1Br. The third kappa shape index (κ3) is 2.58. The zero-order valence-electron chi connectivity index (χ0n) is 9.47. The van der Waals surface area contributed by atoms with Crippen LogP contribution in [0.5, 0.6) is 0 Å². The largest absolute Gasteiger partial charge is 0.328 e. The molecular formula is C10H15BrN2O2S2. The number of piperidine rings is 1. The van der Waals surface area contributed by atoms with Crippen molar-refractivity contribution in [2.45, 2.75) is 36.1 Å². The third-order valence-electron chi connectivity index (χ3n) is 2.98. The number of hydrogen-bond acceptors (Lipinski definition) is 4. The van der Waals surface area contributed by atoms with Crippen molar-refractivity contribution < 1.29 is 8.42 Å². The van der Waals surface area contributed by atoms with Crippen LogP contribution in [0.3, 0.4) is 0 Å². The highest BCUT2D eigenvalue weighted by atomic mass is 79.9. The summed E-state index contributed by atoms with van der Waals surface area (Å²) in [6.07, 6.45) is 1.45. The summed E-state index contributed by atoms with van der Waals surface area (Å²) in [5, 5.41) is 1.78. The average Bonchev–Trinajstić information content (AvgIpc) is 2.64. The van der Waals surface area contributed by atoms with E-state index in [0.717, 1.165) is 12.8 Å². The van der Waals surface area contributed by atoms with Crippen molar-refractivity contribution in [3.05, 3.63) is 15.9 Å². The molecule has 1 aromatic rings. The van der Waals surface area contributed by atoms with Crippen LogP contribution in [0.25, 0.3) is 0 Å². The highest BCUT2D eigenvalue weighted by Crippen LogP contribution is 2.33. The van der Waals surface area contributed by atoms with Crippen molar-refractivity contribution >= 4 is 37.3 Å². The molecule has 0 amide bonds. The van der Waals surface area contributed by atoms with Gasteiger partial charge in [-0.25, -0.2) is 8.42 Å². The summed E-state index contributed by atoms with van der Waals surface area (Å²) in [5.74, 6) is 0. The van der Waals surface area contributed by atoms with Crippen molar-refractivity contribution in [1.82, 2.24) is 4.31 Å². The quantitative estimate of drug-likeness (QED) is 0.897. The molecule has 2 N–H and O–H groups in total. The monoisotopic (exact) mass is 338 g/mol. The first-order valence-corrected chi connectivity index (χ1v) is 8.54. The summed E-state index contributed by atoms with van der Waals surface area (Å²) in [4.78, 5) is 0. The van der Waals surface area contributed by atoms with E-state index < -0.39 is 10.0 Å². The number of halogens is 1. The maximum Gasteiger partial charge on any atom is 0.253 e. The summed E-state index contributed by atoms with van der Waals surface area (Å²) < 4.78 is 27.5. The summed E-state index contributed by atoms with van der Waals surface area (Å²) in [6, 6.07) is 1.85. The third-order valence-corrected chi connectivity index (χ3v) is 7.64. The number of nitrogens with zero attached hydrogens (tertiary/aromatic N) is 1. The van der Waals surface area contributed by atoms with Crippen LogP contribution in [0.2, 0.25) is 0 Å². The molecule has 1 fully saturated rings. The van der Waals surface area contributed by atoms with Gasteiger partial charge in [-0.15, -0.1) is 11.3 Å². The van der Waals surface area contributed by atoms with E-state index >= 15 is 0 Å². The molecule has 96 valence electrons. The second kappa shape index (κ2) is 4.97. The first kappa shape index (κ1) is 13.5. The van der Waals surface area contributed by atoms with Crippen LogP contribution >= 0.6 is 27.3 Å². The van der Waals surface area contributed by atoms with Crippen molar-refractivity contribution in [3.8, 4) is 0 Å². The molecule has 2 rings (SSSR count). The Balaban J connectivity index is 2.31. The smallest absolute Gasteiger partial charge is 0.253 e. The molecule has 0 bridgehead atoms. The second-order valence-electron chi connectivity index (χ2n) is 4.31. The molecule has 0 aromatic carbocycles. The van der Waals surface area contributed by atoms with E-state index in [9.17, 15) is 8.42 Å². The number of rotatable bonds is 2. The fourth-order valence-electron chi connectivity index (χ4n) is 2.11. The number of nitrogens with two attached hydrogens (primary N) is 1. The predicted octanol–water partition coefficient (Wildman–Crippen LogP) is 2.01. The van der Waals surface area contributed by atoms with Crippen molar-refractivity contribution in [1.29, 1.82) is 0 Å². The Morgan fingerprint density at radius 3 is 2.82 bits per heavy atom. The molecule has 0 unspecified atom stereocenters. The predicted molar refractivity (Wildman–Crippen MR) is 72.6 cm³/mol. The van der Waals surface area contributed by atoms with Gasteiger partial charge in [0.25, 0.3) is 10.0 Å². The summed E-state index contributed by atoms with van der Waals surface area (Å²) in [7, 11) is -3.37. The topological polar surface area (TPSA) is 63.4 Å². The van der Waals surface area contributed by atoms with Gasteiger partial charge in [0, 0.05) is 23.1 Å². The summed E-state index contributed by atoms with van der Waals surface area (Å²) in [5.41, 5.74) is 5.85. The Morgan fingerprint density at radius 2 is 2.29 bits per heavy atom. The maximum atomic E-state index is 12.5. The van der Waals surface area contributed by atoms with Crippen LogP contribution in [0, 0.1) is 0 Å². The van der Waals surface area contributed by atoms with E-state index in [4.69, 9.17) is 5.73 Å². The van der Waals surface area contributed by atoms with Crippen LogP contribution in [-0.2, 0) is 10.0 Å². The van der Waals surface area contributed by atoms with Gasteiger partial charge in [-0.3, -0.25) is 0 Å². The fourth-order valence-corrected chi connectivity index (χ4v) is 6.20. The minimum atomic E-state index is -3.37. The summed E-state index contributed by atoms with van der Waals surface area (Å²) in [6.45, 7) is 2.42. The minimum Gasteiger partial charge on any atom is -0.328 e. The van der Waals surface area contributed by atoms with Crippen molar-refractivity contribution in [2.75, 3.05) is 6.54 Å².